The fourth-order valence-electron chi connectivity index (χ4n) is 3.64. The molecule has 0 spiro atoms. The number of para-hydroxylation sites is 1. The minimum atomic E-state index is -4.79. The number of sulfonamides is 1. The molecule has 2 aliphatic rings. The fourth-order valence-corrected chi connectivity index (χ4v) is 5.27. The second kappa shape index (κ2) is 8.01. The topological polar surface area (TPSA) is 66.9 Å². The van der Waals surface area contributed by atoms with Crippen molar-refractivity contribution in [2.24, 2.45) is 0 Å². The van der Waals surface area contributed by atoms with Crippen molar-refractivity contribution < 1.29 is 31.1 Å². The van der Waals surface area contributed by atoms with Crippen LogP contribution < -0.4 is 4.74 Å². The second-order valence-corrected chi connectivity index (χ2v) is 9.09. The van der Waals surface area contributed by atoms with Crippen molar-refractivity contribution in [2.45, 2.75) is 11.1 Å². The zero-order chi connectivity index (χ0) is 22.2. The van der Waals surface area contributed by atoms with Gasteiger partial charge in [0, 0.05) is 31.7 Å². The number of fused-ring (bicyclic) bond motifs is 1. The standard InChI is InChI=1S/C21H19F3N2O4S/c22-21(23,24)17-6-2-4-8-19(17)31(28,29)26-11-9-25(10-12-26)20(27)16-13-15-5-1-3-7-18(15)30-14-16/h1-8,13H,9-12,14H2. The molecule has 2 aliphatic heterocycles. The first-order chi connectivity index (χ1) is 14.7. The third-order valence-electron chi connectivity index (χ3n) is 5.24. The molecule has 0 bridgehead atoms. The molecule has 1 saturated heterocycles. The van der Waals surface area contributed by atoms with E-state index in [9.17, 15) is 26.4 Å². The van der Waals surface area contributed by atoms with Gasteiger partial charge in [0.1, 0.15) is 12.4 Å². The number of benzene rings is 2. The number of halogens is 3. The van der Waals surface area contributed by atoms with E-state index in [0.717, 1.165) is 28.1 Å². The van der Waals surface area contributed by atoms with Gasteiger partial charge in [0.15, 0.2) is 0 Å². The number of nitrogens with zero attached hydrogens (tertiary/aromatic N) is 2. The molecule has 10 heteroatoms. The third kappa shape index (κ3) is 4.17. The largest absolute Gasteiger partial charge is 0.488 e. The van der Waals surface area contributed by atoms with Gasteiger partial charge in [-0.15, -0.1) is 0 Å². The zero-order valence-corrected chi connectivity index (χ0v) is 17.1. The summed E-state index contributed by atoms with van der Waals surface area (Å²) in [5.41, 5.74) is 0.0242. The van der Waals surface area contributed by atoms with Crippen molar-refractivity contribution in [3.05, 3.63) is 65.2 Å². The number of hydrogen-bond acceptors (Lipinski definition) is 4. The van der Waals surface area contributed by atoms with Crippen LogP contribution >= 0.6 is 0 Å². The van der Waals surface area contributed by atoms with E-state index in [-0.39, 0.29) is 38.7 Å². The number of carbonyl (C=O) groups excluding carboxylic acids is 1. The van der Waals surface area contributed by atoms with Crippen LogP contribution in [0.1, 0.15) is 11.1 Å². The minimum Gasteiger partial charge on any atom is -0.488 e. The van der Waals surface area contributed by atoms with Crippen molar-refractivity contribution >= 4 is 22.0 Å². The summed E-state index contributed by atoms with van der Waals surface area (Å²) in [5, 5.41) is 0. The number of rotatable bonds is 3. The highest BCUT2D eigenvalue weighted by Crippen LogP contribution is 2.35. The van der Waals surface area contributed by atoms with E-state index in [0.29, 0.717) is 11.3 Å². The molecule has 1 amide bonds. The highest BCUT2D eigenvalue weighted by Gasteiger charge is 2.40. The Morgan fingerprint density at radius 3 is 2.29 bits per heavy atom. The van der Waals surface area contributed by atoms with E-state index >= 15 is 0 Å². The van der Waals surface area contributed by atoms with E-state index < -0.39 is 26.7 Å². The number of amides is 1. The number of piperazine rings is 1. The van der Waals surface area contributed by atoms with Crippen LogP contribution in [0.15, 0.2) is 59.0 Å². The second-order valence-electron chi connectivity index (χ2n) is 7.19. The van der Waals surface area contributed by atoms with Crippen LogP contribution in [0.5, 0.6) is 5.75 Å². The number of alkyl halides is 3. The molecular formula is C21H19F3N2O4S. The van der Waals surface area contributed by atoms with Gasteiger partial charge in [-0.3, -0.25) is 4.79 Å². The van der Waals surface area contributed by atoms with Gasteiger partial charge >= 0.3 is 6.18 Å². The van der Waals surface area contributed by atoms with Crippen LogP contribution in [0.2, 0.25) is 0 Å². The molecule has 2 aromatic carbocycles. The van der Waals surface area contributed by atoms with E-state index in [4.69, 9.17) is 4.74 Å². The molecule has 0 saturated carbocycles. The van der Waals surface area contributed by atoms with Crippen LogP contribution in [0.4, 0.5) is 13.2 Å². The van der Waals surface area contributed by atoms with Gasteiger partial charge in [0.25, 0.3) is 5.91 Å². The monoisotopic (exact) mass is 452 g/mol. The van der Waals surface area contributed by atoms with Gasteiger partial charge in [-0.1, -0.05) is 30.3 Å². The predicted molar refractivity (Wildman–Crippen MR) is 107 cm³/mol. The molecule has 0 aliphatic carbocycles. The van der Waals surface area contributed by atoms with Crippen LogP contribution in [0.25, 0.3) is 6.08 Å². The molecule has 6 nitrogen and oxygen atoms in total. The van der Waals surface area contributed by atoms with Crippen molar-refractivity contribution in [1.29, 1.82) is 0 Å². The van der Waals surface area contributed by atoms with Crippen LogP contribution in [-0.4, -0.2) is 56.3 Å². The lowest BCUT2D eigenvalue weighted by molar-refractivity contribution is -0.139. The summed E-state index contributed by atoms with van der Waals surface area (Å²) < 4.78 is 72.1. The van der Waals surface area contributed by atoms with Gasteiger partial charge in [-0.2, -0.15) is 17.5 Å². The highest BCUT2D eigenvalue weighted by atomic mass is 32.2. The summed E-state index contributed by atoms with van der Waals surface area (Å²) in [6, 6.07) is 11.4. The molecule has 0 atom stereocenters. The van der Waals surface area contributed by atoms with Crippen molar-refractivity contribution in [3.8, 4) is 5.75 Å². The average Bonchev–Trinajstić information content (AvgIpc) is 2.78. The minimum absolute atomic E-state index is 0.0746. The van der Waals surface area contributed by atoms with E-state index in [1.54, 1.807) is 12.1 Å². The first kappa shape index (κ1) is 21.4. The molecule has 164 valence electrons. The molecule has 0 aromatic heterocycles. The Bertz CT molecular complexity index is 1140. The molecule has 4 rings (SSSR count). The van der Waals surface area contributed by atoms with Crippen molar-refractivity contribution in [1.82, 2.24) is 9.21 Å². The van der Waals surface area contributed by atoms with E-state index in [1.165, 1.54) is 11.0 Å². The highest BCUT2D eigenvalue weighted by molar-refractivity contribution is 7.89. The van der Waals surface area contributed by atoms with Gasteiger partial charge < -0.3 is 9.64 Å². The first-order valence-corrected chi connectivity index (χ1v) is 11.0. The Balaban J connectivity index is 1.48. The Morgan fingerprint density at radius 1 is 0.935 bits per heavy atom. The summed E-state index contributed by atoms with van der Waals surface area (Å²) in [7, 11) is -4.35. The Morgan fingerprint density at radius 2 is 1.58 bits per heavy atom. The summed E-state index contributed by atoms with van der Waals surface area (Å²) >= 11 is 0. The van der Waals surface area contributed by atoms with Crippen LogP contribution in [-0.2, 0) is 21.0 Å². The Labute approximate surface area is 177 Å². The molecule has 0 N–H and O–H groups in total. The van der Waals surface area contributed by atoms with Gasteiger partial charge in [0.2, 0.25) is 10.0 Å². The van der Waals surface area contributed by atoms with Gasteiger partial charge in [0.05, 0.1) is 16.0 Å². The third-order valence-corrected chi connectivity index (χ3v) is 7.20. The van der Waals surface area contributed by atoms with Crippen LogP contribution in [0.3, 0.4) is 0 Å². The first-order valence-electron chi connectivity index (χ1n) is 9.56. The molecule has 1 fully saturated rings. The molecule has 2 aromatic rings. The molecule has 0 unspecified atom stereocenters. The maximum absolute atomic E-state index is 13.3. The van der Waals surface area contributed by atoms with Crippen molar-refractivity contribution in [3.63, 3.8) is 0 Å². The fraction of sp³-hybridized carbons (Fsp3) is 0.286. The zero-order valence-electron chi connectivity index (χ0n) is 16.3. The summed E-state index contributed by atoms with van der Waals surface area (Å²) in [4.78, 5) is 13.6. The lowest BCUT2D eigenvalue weighted by Crippen LogP contribution is -2.51. The van der Waals surface area contributed by atoms with Crippen LogP contribution in [0, 0.1) is 0 Å². The SMILES string of the molecule is O=C(C1=Cc2ccccc2OC1)N1CCN(S(=O)(=O)c2ccccc2C(F)(F)F)CC1. The maximum Gasteiger partial charge on any atom is 0.417 e. The summed E-state index contributed by atoms with van der Waals surface area (Å²) in [6.45, 7) is 0.0692. The smallest absolute Gasteiger partial charge is 0.417 e. The molecule has 31 heavy (non-hydrogen) atoms. The number of ether oxygens (including phenoxy) is 1. The predicted octanol–water partition coefficient (Wildman–Crippen LogP) is 3.01. The van der Waals surface area contributed by atoms with Gasteiger partial charge in [-0.05, 0) is 24.3 Å². The average molecular weight is 452 g/mol. The van der Waals surface area contributed by atoms with E-state index in [1.807, 2.05) is 18.2 Å². The molecule has 2 heterocycles. The summed E-state index contributed by atoms with van der Waals surface area (Å²) in [5.74, 6) is 0.403. The van der Waals surface area contributed by atoms with Crippen molar-refractivity contribution in [2.75, 3.05) is 32.8 Å². The Hall–Kier alpha value is -2.85. The normalized spacial score (nSPS) is 17.5. The number of hydrogen-bond donors (Lipinski definition) is 0. The summed E-state index contributed by atoms with van der Waals surface area (Å²) in [6.07, 6.45) is -3.05. The maximum atomic E-state index is 13.3. The van der Waals surface area contributed by atoms with E-state index in [2.05, 4.69) is 0 Å². The van der Waals surface area contributed by atoms with Gasteiger partial charge in [-0.25, -0.2) is 8.42 Å². The lowest BCUT2D eigenvalue weighted by Gasteiger charge is -2.35. The quantitative estimate of drug-likeness (QED) is 0.718. The lowest BCUT2D eigenvalue weighted by atomic mass is 10.1. The molecule has 0 radical (unpaired) electrons. The Kier molecular flexibility index (Phi) is 5.52. The number of carbonyl (C=O) groups is 1. The molecular weight excluding hydrogens is 433 g/mol.